The monoisotopic (exact) mass is 793 g/mol. The maximum absolute atomic E-state index is 14.2. The number of piperazine rings is 1. The third-order valence-electron chi connectivity index (χ3n) is 11.1. The van der Waals surface area contributed by atoms with Gasteiger partial charge in [-0.15, -0.1) is 0 Å². The van der Waals surface area contributed by atoms with Crippen LogP contribution in [-0.2, 0) is 31.9 Å². The standard InChI is InChI=1S/C38H51BBrN6O7/c1-3-52-34(47)25-42-13-9-28(10-14-42)43-18-20-44(21-19-43)36(49)33(24-26-22-30(39-2)35(48)31(40)23-26)53-38(51)45-15-11-29(12-16-45)46-17-8-27-6-4-5-7-32(27)41-37(46)50/h4-7,22-23,28-29,33,48H,3,8-21,24-25H2,1-2H3,(H,41,50)/t33-/m1/s1. The Morgan fingerprint density at radius 3 is 2.34 bits per heavy atom. The van der Waals surface area contributed by atoms with Crippen molar-refractivity contribution in [3.63, 3.8) is 0 Å². The minimum Gasteiger partial charge on any atom is -0.507 e. The molecule has 53 heavy (non-hydrogen) atoms. The molecule has 3 saturated heterocycles. The van der Waals surface area contributed by atoms with Crippen molar-refractivity contribution in [2.45, 2.75) is 70.5 Å². The molecule has 285 valence electrons. The first-order chi connectivity index (χ1) is 25.6. The number of ether oxygens (including phenoxy) is 2. The van der Waals surface area contributed by atoms with Gasteiger partial charge in [-0.2, -0.15) is 0 Å². The average Bonchev–Trinajstić information content (AvgIpc) is 3.34. The van der Waals surface area contributed by atoms with E-state index in [1.807, 2.05) is 49.0 Å². The molecule has 0 spiro atoms. The highest BCUT2D eigenvalue weighted by molar-refractivity contribution is 9.10. The maximum atomic E-state index is 14.2. The third kappa shape index (κ3) is 9.65. The molecular weight excluding hydrogens is 743 g/mol. The van der Waals surface area contributed by atoms with E-state index in [1.54, 1.807) is 23.1 Å². The normalized spacial score (nSPS) is 19.9. The van der Waals surface area contributed by atoms with Crippen LogP contribution in [0.3, 0.4) is 0 Å². The molecule has 1 atom stereocenters. The van der Waals surface area contributed by atoms with Gasteiger partial charge in [-0.05, 0) is 83.7 Å². The fourth-order valence-electron chi connectivity index (χ4n) is 8.05. The van der Waals surface area contributed by atoms with Crippen LogP contribution in [0.4, 0.5) is 15.3 Å². The average molecular weight is 795 g/mol. The molecule has 0 unspecified atom stereocenters. The fourth-order valence-corrected chi connectivity index (χ4v) is 8.57. The molecule has 4 aliphatic heterocycles. The molecule has 3 fully saturated rings. The number of carbonyl (C=O) groups is 4. The van der Waals surface area contributed by atoms with Gasteiger partial charge in [0.2, 0.25) is 0 Å². The number of carbonyl (C=O) groups excluding carboxylic acids is 4. The lowest BCUT2D eigenvalue weighted by Crippen LogP contribution is -2.57. The Labute approximate surface area is 321 Å². The third-order valence-corrected chi connectivity index (χ3v) is 11.7. The molecule has 2 N–H and O–H groups in total. The number of phenols is 1. The smallest absolute Gasteiger partial charge is 0.410 e. The molecule has 4 amide bonds. The predicted octanol–water partition coefficient (Wildman–Crippen LogP) is 3.31. The van der Waals surface area contributed by atoms with Gasteiger partial charge < -0.3 is 34.6 Å². The van der Waals surface area contributed by atoms with Gasteiger partial charge in [-0.25, -0.2) is 9.59 Å². The highest BCUT2D eigenvalue weighted by atomic mass is 79.9. The van der Waals surface area contributed by atoms with Crippen molar-refractivity contribution in [2.75, 3.05) is 77.4 Å². The van der Waals surface area contributed by atoms with Gasteiger partial charge in [-0.3, -0.25) is 19.4 Å². The van der Waals surface area contributed by atoms with Gasteiger partial charge in [0.1, 0.15) is 5.75 Å². The number of piperidine rings is 2. The van der Waals surface area contributed by atoms with Gasteiger partial charge in [-0.1, -0.05) is 31.1 Å². The number of likely N-dealkylation sites (tertiary alicyclic amines) is 2. The van der Waals surface area contributed by atoms with Gasteiger partial charge in [0.25, 0.3) is 5.91 Å². The summed E-state index contributed by atoms with van der Waals surface area (Å²) in [5.74, 6) is -0.303. The minimum atomic E-state index is -1.05. The fraction of sp³-hybridized carbons (Fsp3) is 0.579. The molecular formula is C38H51BBrN6O7. The van der Waals surface area contributed by atoms with E-state index < -0.39 is 12.2 Å². The van der Waals surface area contributed by atoms with E-state index in [0.717, 1.165) is 62.3 Å². The number of halogens is 1. The van der Waals surface area contributed by atoms with Crippen LogP contribution in [0.25, 0.3) is 0 Å². The number of benzene rings is 2. The molecule has 13 nitrogen and oxygen atoms in total. The van der Waals surface area contributed by atoms with Crippen LogP contribution < -0.4 is 10.8 Å². The Hall–Kier alpha value is -3.82. The van der Waals surface area contributed by atoms with Crippen molar-refractivity contribution in [3.05, 3.63) is 52.0 Å². The van der Waals surface area contributed by atoms with Crippen LogP contribution in [-0.4, -0.2) is 151 Å². The summed E-state index contributed by atoms with van der Waals surface area (Å²) < 4.78 is 11.7. The van der Waals surface area contributed by atoms with E-state index in [2.05, 4.69) is 31.0 Å². The number of amides is 4. The number of phenolic OH excluding ortho intramolecular Hbond substituents is 1. The highest BCUT2D eigenvalue weighted by Gasteiger charge is 2.36. The van der Waals surface area contributed by atoms with Crippen LogP contribution in [0, 0.1) is 0 Å². The SMILES string of the molecule is C[B]c1cc(C[C@@H](OC(=O)N2CCC(N3CCc4ccccc4NC3=O)CC2)C(=O)N2CCN(C3CCN(CC(=O)OCC)CC3)CC2)cc(Br)c1O. The largest absolute Gasteiger partial charge is 0.507 e. The Morgan fingerprint density at radius 2 is 1.64 bits per heavy atom. The second-order valence-electron chi connectivity index (χ2n) is 14.3. The number of nitrogens with one attached hydrogen (secondary N) is 1. The van der Waals surface area contributed by atoms with Gasteiger partial charge in [0.05, 0.1) is 17.6 Å². The van der Waals surface area contributed by atoms with Crippen molar-refractivity contribution in [1.29, 1.82) is 0 Å². The number of para-hydroxylation sites is 1. The topological polar surface area (TPSA) is 135 Å². The lowest BCUT2D eigenvalue weighted by molar-refractivity contribution is -0.144. The summed E-state index contributed by atoms with van der Waals surface area (Å²) in [5, 5.41) is 13.5. The number of aromatic hydroxyl groups is 1. The van der Waals surface area contributed by atoms with Crippen molar-refractivity contribution < 1.29 is 33.8 Å². The number of rotatable bonds is 10. The second kappa shape index (κ2) is 18.0. The molecule has 0 aromatic heterocycles. The summed E-state index contributed by atoms with van der Waals surface area (Å²) in [6, 6.07) is 11.7. The Morgan fingerprint density at radius 1 is 0.943 bits per heavy atom. The minimum absolute atomic E-state index is 0.00930. The van der Waals surface area contributed by atoms with Crippen molar-refractivity contribution in [2.24, 2.45) is 0 Å². The summed E-state index contributed by atoms with van der Waals surface area (Å²) in [6.07, 6.45) is 2.46. The lowest BCUT2D eigenvalue weighted by atomic mass is 9.72. The Kier molecular flexibility index (Phi) is 13.2. The summed E-state index contributed by atoms with van der Waals surface area (Å²) in [6.45, 7) is 9.94. The van der Waals surface area contributed by atoms with E-state index in [9.17, 15) is 24.3 Å². The molecule has 2 aromatic rings. The highest BCUT2D eigenvalue weighted by Crippen LogP contribution is 2.27. The second-order valence-corrected chi connectivity index (χ2v) is 15.2. The molecule has 4 aliphatic rings. The number of hydrogen-bond acceptors (Lipinski definition) is 9. The number of hydrogen-bond donors (Lipinski definition) is 2. The quantitative estimate of drug-likeness (QED) is 0.275. The number of nitrogens with zero attached hydrogens (tertiary/aromatic N) is 5. The zero-order valence-corrected chi connectivity index (χ0v) is 32.4. The zero-order chi connectivity index (χ0) is 37.5. The molecule has 15 heteroatoms. The molecule has 1 radical (unpaired) electrons. The van der Waals surface area contributed by atoms with Gasteiger partial charge in [0.15, 0.2) is 13.4 Å². The number of fused-ring (bicyclic) bond motifs is 1. The Bertz CT molecular complexity index is 1630. The predicted molar refractivity (Wildman–Crippen MR) is 206 cm³/mol. The summed E-state index contributed by atoms with van der Waals surface area (Å²) in [5.41, 5.74) is 3.33. The number of anilines is 1. The van der Waals surface area contributed by atoms with Crippen molar-refractivity contribution in [3.8, 4) is 5.75 Å². The molecule has 0 aliphatic carbocycles. The summed E-state index contributed by atoms with van der Waals surface area (Å²) in [4.78, 5) is 62.9. The van der Waals surface area contributed by atoms with Crippen LogP contribution in [0.15, 0.2) is 40.9 Å². The molecule has 6 rings (SSSR count). The molecule has 4 heterocycles. The van der Waals surface area contributed by atoms with Crippen LogP contribution in [0.5, 0.6) is 5.75 Å². The maximum Gasteiger partial charge on any atom is 0.410 e. The van der Waals surface area contributed by atoms with Crippen LogP contribution in [0.1, 0.15) is 43.7 Å². The molecule has 0 bridgehead atoms. The van der Waals surface area contributed by atoms with Crippen LogP contribution >= 0.6 is 15.9 Å². The molecule has 0 saturated carbocycles. The zero-order valence-electron chi connectivity index (χ0n) is 30.8. The first kappa shape index (κ1) is 38.9. The Balaban J connectivity index is 1.06. The number of esters is 1. The van der Waals surface area contributed by atoms with Crippen molar-refractivity contribution >= 4 is 58.4 Å². The number of urea groups is 1. The van der Waals surface area contributed by atoms with Gasteiger partial charge >= 0.3 is 18.1 Å². The summed E-state index contributed by atoms with van der Waals surface area (Å²) in [7, 11) is 1.79. The lowest BCUT2D eigenvalue weighted by Gasteiger charge is -2.43. The van der Waals surface area contributed by atoms with E-state index in [1.165, 1.54) is 0 Å². The van der Waals surface area contributed by atoms with Gasteiger partial charge in [0, 0.05) is 83.1 Å². The summed E-state index contributed by atoms with van der Waals surface area (Å²) >= 11 is 3.43. The van der Waals surface area contributed by atoms with E-state index in [0.29, 0.717) is 74.7 Å². The first-order valence-electron chi connectivity index (χ1n) is 19.0. The van der Waals surface area contributed by atoms with E-state index in [-0.39, 0.29) is 36.1 Å². The van der Waals surface area contributed by atoms with Crippen LogP contribution in [0.2, 0.25) is 6.82 Å². The molecule has 2 aromatic carbocycles. The first-order valence-corrected chi connectivity index (χ1v) is 19.7. The van der Waals surface area contributed by atoms with E-state index >= 15 is 0 Å². The van der Waals surface area contributed by atoms with Crippen molar-refractivity contribution in [1.82, 2.24) is 24.5 Å². The van der Waals surface area contributed by atoms with E-state index in [4.69, 9.17) is 9.47 Å².